The summed E-state index contributed by atoms with van der Waals surface area (Å²) >= 11 is 11.9. The highest BCUT2D eigenvalue weighted by atomic mass is 35.5. The molecule has 0 spiro atoms. The van der Waals surface area contributed by atoms with E-state index in [-0.39, 0.29) is 12.5 Å². The molecule has 1 N–H and O–H groups in total. The number of halogens is 2. The highest BCUT2D eigenvalue weighted by Crippen LogP contribution is 2.21. The van der Waals surface area contributed by atoms with Gasteiger partial charge in [-0.1, -0.05) is 41.4 Å². The Morgan fingerprint density at radius 2 is 1.96 bits per heavy atom. The molecule has 0 saturated heterocycles. The molecule has 0 aliphatic rings. The molecule has 5 nitrogen and oxygen atoms in total. The number of hydrogen-bond acceptors (Lipinski definition) is 3. The summed E-state index contributed by atoms with van der Waals surface area (Å²) in [6, 6.07) is 12.2. The second-order valence-corrected chi connectivity index (χ2v) is 6.10. The molecule has 1 heterocycles. The van der Waals surface area contributed by atoms with E-state index in [2.05, 4.69) is 5.32 Å². The summed E-state index contributed by atoms with van der Waals surface area (Å²) in [6.07, 6.45) is 0.572. The van der Waals surface area contributed by atoms with Crippen LogP contribution in [0.15, 0.2) is 51.7 Å². The summed E-state index contributed by atoms with van der Waals surface area (Å²) in [5, 5.41) is 3.90. The highest BCUT2D eigenvalue weighted by molar-refractivity contribution is 6.35. The van der Waals surface area contributed by atoms with Gasteiger partial charge in [0.1, 0.15) is 6.54 Å². The zero-order chi connectivity index (χ0) is 17.1. The maximum absolute atomic E-state index is 12.1. The molecule has 0 aliphatic heterocycles. The lowest BCUT2D eigenvalue weighted by Gasteiger charge is -2.07. The number of nitrogens with zero attached hydrogens (tertiary/aromatic N) is 1. The quantitative estimate of drug-likeness (QED) is 0.755. The van der Waals surface area contributed by atoms with Crippen molar-refractivity contribution >= 4 is 40.2 Å². The van der Waals surface area contributed by atoms with E-state index in [0.29, 0.717) is 34.1 Å². The molecular weight excluding hydrogens is 351 g/mol. The van der Waals surface area contributed by atoms with Crippen LogP contribution in [0.4, 0.5) is 0 Å². The lowest BCUT2D eigenvalue weighted by atomic mass is 10.1. The van der Waals surface area contributed by atoms with Crippen LogP contribution in [0.25, 0.3) is 11.1 Å². The molecule has 7 heteroatoms. The zero-order valence-corrected chi connectivity index (χ0v) is 14.1. The molecule has 1 aromatic heterocycles. The number of nitrogens with one attached hydrogen (secondary N) is 1. The fourth-order valence-corrected chi connectivity index (χ4v) is 2.93. The fraction of sp³-hybridized carbons (Fsp3) is 0.176. The van der Waals surface area contributed by atoms with Crippen molar-refractivity contribution in [2.45, 2.75) is 13.0 Å². The third-order valence-electron chi connectivity index (χ3n) is 3.61. The van der Waals surface area contributed by atoms with Crippen molar-refractivity contribution in [1.29, 1.82) is 0 Å². The largest absolute Gasteiger partial charge is 0.420 e. The summed E-state index contributed by atoms with van der Waals surface area (Å²) in [5.74, 6) is -0.819. The van der Waals surface area contributed by atoms with Gasteiger partial charge in [-0.25, -0.2) is 4.79 Å². The van der Waals surface area contributed by atoms with E-state index in [1.54, 1.807) is 36.4 Å². The van der Waals surface area contributed by atoms with Crippen LogP contribution in [0.2, 0.25) is 10.0 Å². The molecule has 0 atom stereocenters. The standard InChI is InChI=1S/C17H14Cl2N2O3/c18-12-6-5-11(13(19)9-12)7-8-20-16(22)10-21-14-3-1-2-4-15(14)24-17(21)23/h1-6,9H,7-8,10H2,(H,20,22). The van der Waals surface area contributed by atoms with Crippen molar-refractivity contribution in [3.05, 3.63) is 68.6 Å². The van der Waals surface area contributed by atoms with Gasteiger partial charge in [0.2, 0.25) is 5.91 Å². The van der Waals surface area contributed by atoms with E-state index in [0.717, 1.165) is 5.56 Å². The first-order valence-corrected chi connectivity index (χ1v) is 8.09. The smallest absolute Gasteiger partial charge is 0.408 e. The topological polar surface area (TPSA) is 64.2 Å². The number of aromatic nitrogens is 1. The summed E-state index contributed by atoms with van der Waals surface area (Å²) < 4.78 is 6.40. The fourth-order valence-electron chi connectivity index (χ4n) is 2.42. The molecular formula is C17H14Cl2N2O3. The third kappa shape index (κ3) is 3.63. The number of para-hydroxylation sites is 2. The summed E-state index contributed by atoms with van der Waals surface area (Å²) in [6.45, 7) is 0.314. The van der Waals surface area contributed by atoms with Gasteiger partial charge in [0.25, 0.3) is 0 Å². The zero-order valence-electron chi connectivity index (χ0n) is 12.6. The molecule has 0 unspecified atom stereocenters. The van der Waals surface area contributed by atoms with Gasteiger partial charge < -0.3 is 9.73 Å². The Bertz CT molecular complexity index is 946. The average Bonchev–Trinajstić information content (AvgIpc) is 2.85. The summed E-state index contributed by atoms with van der Waals surface area (Å²) in [7, 11) is 0. The Morgan fingerprint density at radius 3 is 2.75 bits per heavy atom. The molecule has 0 aliphatic carbocycles. The van der Waals surface area contributed by atoms with Gasteiger partial charge in [0.05, 0.1) is 5.52 Å². The second kappa shape index (κ2) is 7.11. The van der Waals surface area contributed by atoms with Gasteiger partial charge in [-0.15, -0.1) is 0 Å². The first kappa shape index (κ1) is 16.6. The van der Waals surface area contributed by atoms with Crippen molar-refractivity contribution in [3.8, 4) is 0 Å². The predicted octanol–water partition coefficient (Wildman–Crippen LogP) is 3.26. The van der Waals surface area contributed by atoms with Crippen LogP contribution in [-0.4, -0.2) is 17.0 Å². The Balaban J connectivity index is 1.61. The van der Waals surface area contributed by atoms with Gasteiger partial charge in [-0.2, -0.15) is 0 Å². The summed E-state index contributed by atoms with van der Waals surface area (Å²) in [5.41, 5.74) is 1.95. The molecule has 1 amide bonds. The van der Waals surface area contributed by atoms with Crippen LogP contribution in [0, 0.1) is 0 Å². The molecule has 124 valence electrons. The van der Waals surface area contributed by atoms with E-state index in [1.165, 1.54) is 4.57 Å². The number of benzene rings is 2. The number of oxazole rings is 1. The number of carbonyl (C=O) groups excluding carboxylic acids is 1. The van der Waals surface area contributed by atoms with E-state index < -0.39 is 5.76 Å². The van der Waals surface area contributed by atoms with Crippen molar-refractivity contribution in [2.24, 2.45) is 0 Å². The van der Waals surface area contributed by atoms with Crippen LogP contribution in [-0.2, 0) is 17.8 Å². The minimum atomic E-state index is -0.549. The number of rotatable bonds is 5. The molecule has 3 aromatic rings. The Hall–Kier alpha value is -2.24. The van der Waals surface area contributed by atoms with Gasteiger partial charge in [0.15, 0.2) is 5.58 Å². The molecule has 0 saturated carbocycles. The lowest BCUT2D eigenvalue weighted by Crippen LogP contribution is -2.32. The van der Waals surface area contributed by atoms with E-state index in [9.17, 15) is 9.59 Å². The Morgan fingerprint density at radius 1 is 1.17 bits per heavy atom. The van der Waals surface area contributed by atoms with Crippen molar-refractivity contribution in [1.82, 2.24) is 9.88 Å². The molecule has 0 fully saturated rings. The maximum Gasteiger partial charge on any atom is 0.420 e. The Labute approximate surface area is 147 Å². The van der Waals surface area contributed by atoms with Crippen LogP contribution in [0.5, 0.6) is 0 Å². The third-order valence-corrected chi connectivity index (χ3v) is 4.19. The van der Waals surface area contributed by atoms with Crippen molar-refractivity contribution < 1.29 is 9.21 Å². The van der Waals surface area contributed by atoms with Crippen molar-refractivity contribution in [2.75, 3.05) is 6.54 Å². The lowest BCUT2D eigenvalue weighted by molar-refractivity contribution is -0.121. The molecule has 24 heavy (non-hydrogen) atoms. The normalized spacial score (nSPS) is 10.9. The maximum atomic E-state index is 12.1. The average molecular weight is 365 g/mol. The van der Waals surface area contributed by atoms with Crippen LogP contribution in [0.1, 0.15) is 5.56 Å². The molecule has 0 radical (unpaired) electrons. The number of hydrogen-bond donors (Lipinski definition) is 1. The Kier molecular flexibility index (Phi) is 4.92. The second-order valence-electron chi connectivity index (χ2n) is 5.26. The van der Waals surface area contributed by atoms with Gasteiger partial charge >= 0.3 is 5.76 Å². The summed E-state index contributed by atoms with van der Waals surface area (Å²) in [4.78, 5) is 23.9. The molecule has 2 aromatic carbocycles. The SMILES string of the molecule is O=C(Cn1c(=O)oc2ccccc21)NCCc1ccc(Cl)cc1Cl. The number of fused-ring (bicyclic) bond motifs is 1. The highest BCUT2D eigenvalue weighted by Gasteiger charge is 2.12. The van der Waals surface area contributed by atoms with Gasteiger partial charge in [0, 0.05) is 16.6 Å². The van der Waals surface area contributed by atoms with Crippen molar-refractivity contribution in [3.63, 3.8) is 0 Å². The minimum Gasteiger partial charge on any atom is -0.408 e. The van der Waals surface area contributed by atoms with E-state index in [1.807, 2.05) is 6.07 Å². The minimum absolute atomic E-state index is 0.0931. The van der Waals surface area contributed by atoms with E-state index >= 15 is 0 Å². The van der Waals surface area contributed by atoms with Crippen LogP contribution >= 0.6 is 23.2 Å². The predicted molar refractivity (Wildman–Crippen MR) is 93.6 cm³/mol. The number of amides is 1. The van der Waals surface area contributed by atoms with Crippen LogP contribution < -0.4 is 11.1 Å². The molecule has 0 bridgehead atoms. The molecule has 3 rings (SSSR count). The number of carbonyl (C=O) groups is 1. The monoisotopic (exact) mass is 364 g/mol. The van der Waals surface area contributed by atoms with E-state index in [4.69, 9.17) is 27.6 Å². The van der Waals surface area contributed by atoms with Gasteiger partial charge in [-0.05, 0) is 36.2 Å². The van der Waals surface area contributed by atoms with Crippen LogP contribution in [0.3, 0.4) is 0 Å². The first-order chi connectivity index (χ1) is 11.5. The van der Waals surface area contributed by atoms with Gasteiger partial charge in [-0.3, -0.25) is 9.36 Å². The first-order valence-electron chi connectivity index (χ1n) is 7.33.